The van der Waals surface area contributed by atoms with Crippen molar-refractivity contribution in [1.82, 2.24) is 5.32 Å². The number of nitrogens with one attached hydrogen (secondary N) is 2. The average molecular weight is 441 g/mol. The highest BCUT2D eigenvalue weighted by molar-refractivity contribution is 9.10. The van der Waals surface area contributed by atoms with E-state index in [0.717, 1.165) is 0 Å². The minimum Gasteiger partial charge on any atom is -0.506 e. The first-order chi connectivity index (χ1) is 11.0. The third-order valence-corrected chi connectivity index (χ3v) is 4.43. The number of phenolic OH excluding ortho intramolecular Hbond substituents is 1. The number of alkyl halides is 1. The van der Waals surface area contributed by atoms with Gasteiger partial charge in [-0.05, 0) is 41.1 Å². The van der Waals surface area contributed by atoms with Gasteiger partial charge in [0.2, 0.25) is 5.78 Å². The molecule has 1 heterocycles. The highest BCUT2D eigenvalue weighted by Gasteiger charge is 2.21. The Morgan fingerprint density at radius 2 is 2.17 bits per heavy atom. The van der Waals surface area contributed by atoms with Crippen molar-refractivity contribution in [2.75, 3.05) is 6.54 Å². The molecule has 0 saturated carbocycles. The quantitative estimate of drug-likeness (QED) is 0.370. The van der Waals surface area contributed by atoms with Crippen LogP contribution in [0.3, 0.4) is 0 Å². The van der Waals surface area contributed by atoms with Gasteiger partial charge in [0.05, 0.1) is 15.9 Å². The normalized spacial score (nSPS) is 15.7. The number of carbonyl (C=O) groups is 1. The molecule has 0 fully saturated rings. The lowest BCUT2D eigenvalue weighted by Gasteiger charge is -2.15. The summed E-state index contributed by atoms with van der Waals surface area (Å²) in [5.41, 5.74) is 2.02. The molecule has 0 amide bonds. The van der Waals surface area contributed by atoms with E-state index in [4.69, 9.17) is 5.41 Å². The number of hydrogen-bond acceptors (Lipinski definition) is 5. The van der Waals surface area contributed by atoms with E-state index in [2.05, 4.69) is 42.2 Å². The van der Waals surface area contributed by atoms with Gasteiger partial charge in [0.1, 0.15) is 5.75 Å². The van der Waals surface area contributed by atoms with Crippen molar-refractivity contribution in [2.45, 2.75) is 12.3 Å². The molecule has 0 radical (unpaired) electrons. The Hall–Kier alpha value is -1.73. The highest BCUT2D eigenvalue weighted by Crippen LogP contribution is 2.31. The number of phenols is 1. The number of carbonyl (C=O) groups excluding carboxylic acids is 1. The number of benzene rings is 1. The highest BCUT2D eigenvalue weighted by atomic mass is 79.9. The molecule has 23 heavy (non-hydrogen) atoms. The van der Waals surface area contributed by atoms with Crippen LogP contribution in [0.15, 0.2) is 45.1 Å². The molecule has 3 N–H and O–H groups in total. The molecule has 2 rings (SSSR count). The third-order valence-electron chi connectivity index (χ3n) is 3.22. The molecule has 7 heteroatoms. The van der Waals surface area contributed by atoms with Gasteiger partial charge in [-0.1, -0.05) is 15.9 Å². The Morgan fingerprint density at radius 1 is 1.43 bits per heavy atom. The van der Waals surface area contributed by atoms with Crippen LogP contribution in [-0.4, -0.2) is 29.4 Å². The molecule has 0 bridgehead atoms. The second kappa shape index (κ2) is 7.70. The number of hydrogen-bond donors (Lipinski definition) is 3. The summed E-state index contributed by atoms with van der Waals surface area (Å²) in [6.45, 7) is 2.42. The zero-order chi connectivity index (χ0) is 17.0. The molecule has 0 aliphatic carbocycles. The summed E-state index contributed by atoms with van der Waals surface area (Å²) in [5, 5.41) is 21.4. The summed E-state index contributed by atoms with van der Waals surface area (Å²) in [7, 11) is 0. The van der Waals surface area contributed by atoms with Gasteiger partial charge in [-0.3, -0.25) is 9.79 Å². The molecule has 1 aromatic rings. The van der Waals surface area contributed by atoms with E-state index in [1.807, 2.05) is 6.92 Å². The Balaban J connectivity index is 2.54. The molecule has 0 unspecified atom stereocenters. The van der Waals surface area contributed by atoms with E-state index >= 15 is 0 Å². The number of rotatable bonds is 5. The van der Waals surface area contributed by atoms with Crippen LogP contribution in [0.1, 0.15) is 22.8 Å². The molecular weight excluding hydrogens is 426 g/mol. The van der Waals surface area contributed by atoms with Crippen LogP contribution in [-0.2, 0) is 5.33 Å². The number of allylic oxidation sites excluding steroid dienone is 3. The fraction of sp³-hybridized carbons (Fsp3) is 0.188. The predicted octanol–water partition coefficient (Wildman–Crippen LogP) is 3.71. The Bertz CT molecular complexity index is 752. The Morgan fingerprint density at radius 3 is 2.78 bits per heavy atom. The molecular formula is C16H15Br2N3O2. The molecule has 1 aromatic carbocycles. The van der Waals surface area contributed by atoms with Crippen LogP contribution in [0.2, 0.25) is 0 Å². The van der Waals surface area contributed by atoms with Crippen LogP contribution in [0.4, 0.5) is 0 Å². The SMILES string of the molecule is CCN/C(C(=O)c1cc(Br)c(O)c(CBr)c1)=C1/C=NC=CC1=N. The maximum Gasteiger partial charge on any atom is 0.209 e. The Labute approximate surface area is 151 Å². The molecule has 0 aromatic heterocycles. The number of nitrogens with zero attached hydrogens (tertiary/aromatic N) is 1. The van der Waals surface area contributed by atoms with Gasteiger partial charge in [-0.2, -0.15) is 0 Å². The zero-order valence-electron chi connectivity index (χ0n) is 12.4. The number of likely N-dealkylation sites (N-methyl/N-ethyl adjacent to an activating group) is 1. The number of aromatic hydroxyl groups is 1. The van der Waals surface area contributed by atoms with Crippen molar-refractivity contribution in [1.29, 1.82) is 5.41 Å². The van der Waals surface area contributed by atoms with Crippen LogP contribution < -0.4 is 5.32 Å². The minimum absolute atomic E-state index is 0.103. The Kier molecular flexibility index (Phi) is 5.90. The first-order valence-electron chi connectivity index (χ1n) is 6.88. The van der Waals surface area contributed by atoms with E-state index in [1.165, 1.54) is 18.5 Å². The fourth-order valence-corrected chi connectivity index (χ4v) is 3.03. The van der Waals surface area contributed by atoms with Crippen molar-refractivity contribution >= 4 is 49.6 Å². The van der Waals surface area contributed by atoms with Crippen molar-refractivity contribution in [2.24, 2.45) is 4.99 Å². The molecule has 1 aliphatic rings. The van der Waals surface area contributed by atoms with Gasteiger partial charge in [-0.15, -0.1) is 0 Å². The van der Waals surface area contributed by atoms with Gasteiger partial charge in [0.25, 0.3) is 0 Å². The van der Waals surface area contributed by atoms with Crippen molar-refractivity contribution in [3.8, 4) is 5.75 Å². The zero-order valence-corrected chi connectivity index (χ0v) is 15.5. The minimum atomic E-state index is -0.253. The van der Waals surface area contributed by atoms with Crippen LogP contribution >= 0.6 is 31.9 Å². The van der Waals surface area contributed by atoms with Gasteiger partial charge < -0.3 is 15.8 Å². The maximum atomic E-state index is 12.9. The van der Waals surface area contributed by atoms with Crippen molar-refractivity contribution in [3.63, 3.8) is 0 Å². The summed E-state index contributed by atoms with van der Waals surface area (Å²) in [6.07, 6.45) is 4.55. The number of Topliss-reactive ketones (excluding diaryl/α,β-unsaturated/α-hetero) is 1. The van der Waals surface area contributed by atoms with E-state index in [1.54, 1.807) is 12.1 Å². The standard InChI is InChI=1S/C16H15Br2N3O2/c1-2-21-14(11-8-20-4-3-13(11)19)16(23)9-5-10(7-17)15(22)12(18)6-9/h3-6,8,19,21-22H,2,7H2,1H3/b14-11-,19-13?. The van der Waals surface area contributed by atoms with Crippen LogP contribution in [0, 0.1) is 5.41 Å². The summed E-state index contributed by atoms with van der Waals surface area (Å²) >= 11 is 6.56. The smallest absolute Gasteiger partial charge is 0.209 e. The van der Waals surface area contributed by atoms with Gasteiger partial charge >= 0.3 is 0 Å². The van der Waals surface area contributed by atoms with E-state index in [0.29, 0.717) is 38.7 Å². The average Bonchev–Trinajstić information content (AvgIpc) is 2.55. The van der Waals surface area contributed by atoms with Gasteiger partial charge in [0.15, 0.2) is 0 Å². The first kappa shape index (κ1) is 17.6. The summed E-state index contributed by atoms with van der Waals surface area (Å²) < 4.78 is 0.450. The van der Waals surface area contributed by atoms with E-state index in [9.17, 15) is 9.90 Å². The van der Waals surface area contributed by atoms with Gasteiger partial charge in [0, 0.05) is 41.0 Å². The summed E-state index contributed by atoms with van der Waals surface area (Å²) in [5.74, 6) is -0.151. The molecule has 0 saturated heterocycles. The van der Waals surface area contributed by atoms with E-state index in [-0.39, 0.29) is 17.2 Å². The number of halogens is 2. The molecule has 0 spiro atoms. The largest absolute Gasteiger partial charge is 0.506 e. The van der Waals surface area contributed by atoms with Crippen LogP contribution in [0.5, 0.6) is 5.75 Å². The molecule has 120 valence electrons. The maximum absolute atomic E-state index is 12.9. The lowest BCUT2D eigenvalue weighted by Crippen LogP contribution is -2.25. The molecule has 1 aliphatic heterocycles. The van der Waals surface area contributed by atoms with Crippen LogP contribution in [0.25, 0.3) is 0 Å². The predicted molar refractivity (Wildman–Crippen MR) is 98.8 cm³/mol. The topological polar surface area (TPSA) is 85.5 Å². The summed E-state index contributed by atoms with van der Waals surface area (Å²) in [6, 6.07) is 3.20. The second-order valence-corrected chi connectivity index (χ2v) is 6.17. The second-order valence-electron chi connectivity index (χ2n) is 4.76. The molecule has 5 nitrogen and oxygen atoms in total. The lowest BCUT2D eigenvalue weighted by atomic mass is 9.99. The van der Waals surface area contributed by atoms with Gasteiger partial charge in [-0.25, -0.2) is 0 Å². The first-order valence-corrected chi connectivity index (χ1v) is 8.79. The summed E-state index contributed by atoms with van der Waals surface area (Å²) in [4.78, 5) is 16.9. The lowest BCUT2D eigenvalue weighted by molar-refractivity contribution is 0.102. The number of ketones is 1. The monoisotopic (exact) mass is 439 g/mol. The number of aliphatic imine (C=N–C) groups is 1. The van der Waals surface area contributed by atoms with Crippen molar-refractivity contribution in [3.05, 3.63) is 51.3 Å². The molecule has 0 atom stereocenters. The van der Waals surface area contributed by atoms with E-state index < -0.39 is 0 Å². The fourth-order valence-electron chi connectivity index (χ4n) is 2.10. The third kappa shape index (κ3) is 3.79. The van der Waals surface area contributed by atoms with Crippen molar-refractivity contribution < 1.29 is 9.90 Å².